The van der Waals surface area contributed by atoms with E-state index in [1.807, 2.05) is 0 Å². The molecular weight excluding hydrogens is 304 g/mol. The van der Waals surface area contributed by atoms with Crippen LogP contribution in [0.2, 0.25) is 0 Å². The summed E-state index contributed by atoms with van der Waals surface area (Å²) in [7, 11) is -3.81. The molecule has 2 aliphatic rings. The number of rotatable bonds is 4. The van der Waals surface area contributed by atoms with E-state index < -0.39 is 14.9 Å². The normalized spacial score (nSPS) is 23.9. The van der Waals surface area contributed by atoms with Gasteiger partial charge in [-0.1, -0.05) is 25.0 Å². The third-order valence-corrected chi connectivity index (χ3v) is 6.81. The highest BCUT2D eigenvalue weighted by Crippen LogP contribution is 2.39. The lowest BCUT2D eigenvalue weighted by molar-refractivity contribution is -0.387. The molecule has 3 rings (SSSR count). The van der Waals surface area contributed by atoms with Crippen LogP contribution < -0.4 is 0 Å². The third-order valence-electron chi connectivity index (χ3n) is 4.84. The van der Waals surface area contributed by atoms with E-state index in [9.17, 15) is 18.5 Å². The fourth-order valence-electron chi connectivity index (χ4n) is 3.83. The van der Waals surface area contributed by atoms with Crippen LogP contribution in [0.1, 0.15) is 38.5 Å². The summed E-state index contributed by atoms with van der Waals surface area (Å²) in [5.41, 5.74) is -0.334. The Morgan fingerprint density at radius 3 is 2.45 bits per heavy atom. The predicted octanol–water partition coefficient (Wildman–Crippen LogP) is 2.94. The molecule has 1 heterocycles. The van der Waals surface area contributed by atoms with Crippen LogP contribution in [0, 0.1) is 16.0 Å². The summed E-state index contributed by atoms with van der Waals surface area (Å²) in [5, 5.41) is 11.1. The second-order valence-electron chi connectivity index (χ2n) is 6.09. The molecule has 1 aromatic rings. The van der Waals surface area contributed by atoms with Crippen LogP contribution in [-0.2, 0) is 10.0 Å². The van der Waals surface area contributed by atoms with Crippen molar-refractivity contribution in [2.45, 2.75) is 49.5 Å². The van der Waals surface area contributed by atoms with Crippen LogP contribution in [0.25, 0.3) is 0 Å². The number of sulfonamides is 1. The molecule has 1 saturated carbocycles. The van der Waals surface area contributed by atoms with Crippen LogP contribution in [0.5, 0.6) is 0 Å². The molecule has 0 bridgehead atoms. The van der Waals surface area contributed by atoms with Crippen molar-refractivity contribution >= 4 is 15.7 Å². The summed E-state index contributed by atoms with van der Waals surface area (Å²) in [6.45, 7) is 0.468. The van der Waals surface area contributed by atoms with Crippen molar-refractivity contribution in [3.05, 3.63) is 34.4 Å². The summed E-state index contributed by atoms with van der Waals surface area (Å²) in [5.74, 6) is 0.403. The van der Waals surface area contributed by atoms with E-state index in [4.69, 9.17) is 0 Å². The van der Waals surface area contributed by atoms with E-state index >= 15 is 0 Å². The standard InChI is InChI=1S/C15H20N2O4S/c18-17(19)14-8-3-4-10-15(14)22(20,21)16-11-5-9-13(16)12-6-1-2-7-12/h3-4,8,10,12-13H,1-2,5-7,9,11H2/t13-/m1/s1. The topological polar surface area (TPSA) is 80.5 Å². The zero-order valence-electron chi connectivity index (χ0n) is 12.3. The molecule has 0 N–H and O–H groups in total. The minimum Gasteiger partial charge on any atom is -0.258 e. The molecule has 6 nitrogen and oxygen atoms in total. The molecule has 7 heteroatoms. The van der Waals surface area contributed by atoms with Gasteiger partial charge in [0.05, 0.1) is 4.92 Å². The first-order valence-electron chi connectivity index (χ1n) is 7.77. The van der Waals surface area contributed by atoms with Crippen molar-refractivity contribution in [2.24, 2.45) is 5.92 Å². The Kier molecular flexibility index (Phi) is 4.18. The maximum atomic E-state index is 12.9. The molecule has 0 spiro atoms. The molecule has 120 valence electrons. The van der Waals surface area contributed by atoms with Gasteiger partial charge in [0.25, 0.3) is 5.69 Å². The third kappa shape index (κ3) is 2.63. The van der Waals surface area contributed by atoms with E-state index in [1.54, 1.807) is 6.07 Å². The first kappa shape index (κ1) is 15.4. The lowest BCUT2D eigenvalue weighted by atomic mass is 9.97. The van der Waals surface area contributed by atoms with Crippen LogP contribution in [0.4, 0.5) is 5.69 Å². The predicted molar refractivity (Wildman–Crippen MR) is 82.0 cm³/mol. The van der Waals surface area contributed by atoms with Crippen molar-refractivity contribution in [1.29, 1.82) is 0 Å². The molecule has 0 amide bonds. The van der Waals surface area contributed by atoms with Crippen LogP contribution in [-0.4, -0.2) is 30.2 Å². The molecule has 2 fully saturated rings. The summed E-state index contributed by atoms with van der Waals surface area (Å²) >= 11 is 0. The molecule has 1 saturated heterocycles. The second kappa shape index (κ2) is 5.96. The van der Waals surface area contributed by atoms with Gasteiger partial charge in [-0.25, -0.2) is 8.42 Å². The first-order chi connectivity index (χ1) is 10.5. The highest BCUT2D eigenvalue weighted by molar-refractivity contribution is 7.89. The highest BCUT2D eigenvalue weighted by Gasteiger charge is 2.42. The SMILES string of the molecule is O=[N+]([O-])c1ccccc1S(=O)(=O)N1CCC[C@@H]1C1CCCC1. The van der Waals surface area contributed by atoms with Gasteiger partial charge in [0, 0.05) is 18.7 Å². The Labute approximate surface area is 130 Å². The summed E-state index contributed by atoms with van der Waals surface area (Å²) in [4.78, 5) is 10.4. The molecule has 1 aliphatic heterocycles. The summed E-state index contributed by atoms with van der Waals surface area (Å²) in [6.07, 6.45) is 6.13. The van der Waals surface area contributed by atoms with Crippen molar-refractivity contribution in [3.8, 4) is 0 Å². The number of hydrogen-bond donors (Lipinski definition) is 0. The van der Waals surface area contributed by atoms with Gasteiger partial charge < -0.3 is 0 Å². The van der Waals surface area contributed by atoms with Gasteiger partial charge in [-0.3, -0.25) is 10.1 Å². The van der Waals surface area contributed by atoms with Crippen molar-refractivity contribution in [1.82, 2.24) is 4.31 Å². The van der Waals surface area contributed by atoms with Crippen LogP contribution >= 0.6 is 0 Å². The average molecular weight is 324 g/mol. The molecular formula is C15H20N2O4S. The van der Waals surface area contributed by atoms with Gasteiger partial charge in [0.1, 0.15) is 0 Å². The van der Waals surface area contributed by atoms with Crippen LogP contribution in [0.15, 0.2) is 29.2 Å². The van der Waals surface area contributed by atoms with Crippen LogP contribution in [0.3, 0.4) is 0 Å². The zero-order valence-corrected chi connectivity index (χ0v) is 13.2. The van der Waals surface area contributed by atoms with Crippen molar-refractivity contribution in [3.63, 3.8) is 0 Å². The molecule has 1 aliphatic carbocycles. The van der Waals surface area contributed by atoms with E-state index in [0.29, 0.717) is 12.5 Å². The number of nitrogens with zero attached hydrogens (tertiary/aromatic N) is 2. The quantitative estimate of drug-likeness (QED) is 0.630. The second-order valence-corrected chi connectivity index (χ2v) is 7.95. The Morgan fingerprint density at radius 1 is 1.09 bits per heavy atom. The minimum absolute atomic E-state index is 0.00677. The first-order valence-corrected chi connectivity index (χ1v) is 9.21. The number of para-hydroxylation sites is 1. The van der Waals surface area contributed by atoms with Gasteiger partial charge >= 0.3 is 0 Å². The smallest absolute Gasteiger partial charge is 0.258 e. The monoisotopic (exact) mass is 324 g/mol. The molecule has 0 aromatic heterocycles. The Balaban J connectivity index is 1.97. The van der Waals surface area contributed by atoms with E-state index in [0.717, 1.165) is 38.5 Å². The average Bonchev–Trinajstić information content (AvgIpc) is 3.18. The fourth-order valence-corrected chi connectivity index (χ4v) is 5.74. The minimum atomic E-state index is -3.81. The van der Waals surface area contributed by atoms with Crippen molar-refractivity contribution in [2.75, 3.05) is 6.54 Å². The van der Waals surface area contributed by atoms with E-state index in [-0.39, 0.29) is 16.6 Å². The number of hydrogen-bond acceptors (Lipinski definition) is 4. The van der Waals surface area contributed by atoms with Gasteiger partial charge in [0.2, 0.25) is 10.0 Å². The Bertz CT molecular complexity index is 668. The van der Waals surface area contributed by atoms with Gasteiger partial charge in [-0.05, 0) is 37.7 Å². The van der Waals surface area contributed by atoms with Gasteiger partial charge in [-0.2, -0.15) is 4.31 Å². The summed E-state index contributed by atoms with van der Waals surface area (Å²) in [6, 6.07) is 5.65. The highest BCUT2D eigenvalue weighted by atomic mass is 32.2. The zero-order chi connectivity index (χ0) is 15.7. The van der Waals surface area contributed by atoms with Gasteiger partial charge in [-0.15, -0.1) is 0 Å². The number of benzene rings is 1. The maximum absolute atomic E-state index is 12.9. The number of nitro benzene ring substituents is 1. The molecule has 0 unspecified atom stereocenters. The van der Waals surface area contributed by atoms with E-state index in [1.165, 1.54) is 22.5 Å². The Hall–Kier alpha value is -1.47. The fraction of sp³-hybridized carbons (Fsp3) is 0.600. The van der Waals surface area contributed by atoms with Gasteiger partial charge in [0.15, 0.2) is 4.90 Å². The maximum Gasteiger partial charge on any atom is 0.289 e. The molecule has 1 aromatic carbocycles. The molecule has 1 atom stereocenters. The summed E-state index contributed by atoms with van der Waals surface area (Å²) < 4.78 is 27.4. The number of nitro groups is 1. The van der Waals surface area contributed by atoms with E-state index in [2.05, 4.69) is 0 Å². The lowest BCUT2D eigenvalue weighted by Gasteiger charge is -2.28. The lowest BCUT2D eigenvalue weighted by Crippen LogP contribution is -2.39. The molecule has 0 radical (unpaired) electrons. The molecule has 22 heavy (non-hydrogen) atoms. The van der Waals surface area contributed by atoms with Crippen molar-refractivity contribution < 1.29 is 13.3 Å². The largest absolute Gasteiger partial charge is 0.289 e. The Morgan fingerprint density at radius 2 is 1.77 bits per heavy atom.